The van der Waals surface area contributed by atoms with Gasteiger partial charge in [0.05, 0.1) is 19.1 Å². The van der Waals surface area contributed by atoms with Gasteiger partial charge in [0.15, 0.2) is 0 Å². The molecular formula is C12H24F3NO2. The first kappa shape index (κ1) is 17.7. The quantitative estimate of drug-likeness (QED) is 0.599. The Bertz CT molecular complexity index is 198. The molecule has 0 radical (unpaired) electrons. The lowest BCUT2D eigenvalue weighted by Crippen LogP contribution is -2.32. The highest BCUT2D eigenvalue weighted by Crippen LogP contribution is 2.17. The van der Waals surface area contributed by atoms with Gasteiger partial charge in [0.2, 0.25) is 0 Å². The van der Waals surface area contributed by atoms with Crippen molar-refractivity contribution in [2.45, 2.75) is 45.4 Å². The number of rotatable bonds is 10. The first-order valence-corrected chi connectivity index (χ1v) is 6.34. The second-order valence-corrected chi connectivity index (χ2v) is 4.83. The summed E-state index contributed by atoms with van der Waals surface area (Å²) < 4.78 is 40.6. The van der Waals surface area contributed by atoms with Crippen LogP contribution in [0, 0.1) is 5.92 Å². The molecule has 1 unspecified atom stereocenters. The third kappa shape index (κ3) is 13.7. The van der Waals surface area contributed by atoms with Gasteiger partial charge in [-0.25, -0.2) is 0 Å². The smallest absolute Gasteiger partial charge is 0.389 e. The normalized spacial score (nSPS) is 14.2. The van der Waals surface area contributed by atoms with Crippen LogP contribution >= 0.6 is 0 Å². The Labute approximate surface area is 107 Å². The maximum Gasteiger partial charge on any atom is 0.390 e. The van der Waals surface area contributed by atoms with Gasteiger partial charge in [0.1, 0.15) is 0 Å². The minimum Gasteiger partial charge on any atom is -0.389 e. The molecule has 0 saturated carbocycles. The van der Waals surface area contributed by atoms with E-state index in [9.17, 15) is 18.3 Å². The fourth-order valence-electron chi connectivity index (χ4n) is 1.37. The van der Waals surface area contributed by atoms with Gasteiger partial charge in [-0.3, -0.25) is 0 Å². The number of hydrogen-bond acceptors (Lipinski definition) is 3. The first-order chi connectivity index (χ1) is 8.31. The van der Waals surface area contributed by atoms with E-state index >= 15 is 0 Å². The van der Waals surface area contributed by atoms with Crippen LogP contribution in [0.4, 0.5) is 13.2 Å². The van der Waals surface area contributed by atoms with Gasteiger partial charge >= 0.3 is 6.18 Å². The Morgan fingerprint density at radius 2 is 1.94 bits per heavy atom. The van der Waals surface area contributed by atoms with Crippen molar-refractivity contribution in [3.05, 3.63) is 0 Å². The zero-order valence-electron chi connectivity index (χ0n) is 11.1. The van der Waals surface area contributed by atoms with Crippen molar-refractivity contribution in [3.63, 3.8) is 0 Å². The van der Waals surface area contributed by atoms with Crippen molar-refractivity contribution in [1.82, 2.24) is 5.32 Å². The van der Waals surface area contributed by atoms with Crippen LogP contribution < -0.4 is 5.32 Å². The highest BCUT2D eigenvalue weighted by Gasteiger charge is 2.25. The van der Waals surface area contributed by atoms with E-state index in [-0.39, 0.29) is 19.7 Å². The summed E-state index contributed by atoms with van der Waals surface area (Å²) in [5, 5.41) is 12.0. The third-order valence-electron chi connectivity index (χ3n) is 2.35. The second-order valence-electron chi connectivity index (χ2n) is 4.83. The maximum atomic E-state index is 11.8. The van der Waals surface area contributed by atoms with Gasteiger partial charge in [-0.05, 0) is 18.8 Å². The van der Waals surface area contributed by atoms with E-state index in [1.807, 2.05) is 0 Å². The van der Waals surface area contributed by atoms with Crippen molar-refractivity contribution < 1.29 is 23.0 Å². The molecule has 0 aliphatic carbocycles. The highest BCUT2D eigenvalue weighted by molar-refractivity contribution is 4.60. The Hall–Kier alpha value is -0.330. The van der Waals surface area contributed by atoms with E-state index in [1.54, 1.807) is 0 Å². The van der Waals surface area contributed by atoms with Crippen LogP contribution in [0.3, 0.4) is 0 Å². The van der Waals surface area contributed by atoms with Crippen LogP contribution in [-0.4, -0.2) is 43.7 Å². The average Bonchev–Trinajstić information content (AvgIpc) is 2.22. The fraction of sp³-hybridized carbons (Fsp3) is 1.00. The Morgan fingerprint density at radius 1 is 1.28 bits per heavy atom. The standard InChI is InChI=1S/C12H24F3NO2/c1-10(2)4-3-7-18-9-11(17)8-16-6-5-12(13,14)15/h10-11,16-17H,3-9H2,1-2H3. The third-order valence-corrected chi connectivity index (χ3v) is 2.35. The average molecular weight is 271 g/mol. The number of hydrogen-bond donors (Lipinski definition) is 2. The van der Waals surface area contributed by atoms with Crippen molar-refractivity contribution >= 4 is 0 Å². The molecule has 0 bridgehead atoms. The molecule has 0 aromatic heterocycles. The number of halogens is 3. The summed E-state index contributed by atoms with van der Waals surface area (Å²) in [6, 6.07) is 0. The van der Waals surface area contributed by atoms with Crippen molar-refractivity contribution in [1.29, 1.82) is 0 Å². The van der Waals surface area contributed by atoms with Gasteiger partial charge in [0.25, 0.3) is 0 Å². The lowest BCUT2D eigenvalue weighted by Gasteiger charge is -2.13. The van der Waals surface area contributed by atoms with Crippen LogP contribution in [0.15, 0.2) is 0 Å². The number of ether oxygens (including phenoxy) is 1. The molecule has 0 aromatic rings. The molecule has 3 nitrogen and oxygen atoms in total. The van der Waals surface area contributed by atoms with Gasteiger partial charge in [-0.1, -0.05) is 13.8 Å². The molecule has 0 heterocycles. The highest BCUT2D eigenvalue weighted by atomic mass is 19.4. The summed E-state index contributed by atoms with van der Waals surface area (Å²) in [4.78, 5) is 0. The predicted octanol–water partition coefficient (Wildman–Crippen LogP) is 2.34. The summed E-state index contributed by atoms with van der Waals surface area (Å²) in [5.74, 6) is 0.627. The molecular weight excluding hydrogens is 247 g/mol. The van der Waals surface area contributed by atoms with Crippen LogP contribution in [-0.2, 0) is 4.74 Å². The summed E-state index contributed by atoms with van der Waals surface area (Å²) in [7, 11) is 0. The molecule has 0 fully saturated rings. The zero-order valence-corrected chi connectivity index (χ0v) is 11.1. The maximum absolute atomic E-state index is 11.8. The number of aliphatic hydroxyl groups excluding tert-OH is 1. The topological polar surface area (TPSA) is 41.5 Å². The summed E-state index contributed by atoms with van der Waals surface area (Å²) >= 11 is 0. The lowest BCUT2D eigenvalue weighted by molar-refractivity contribution is -0.133. The monoisotopic (exact) mass is 271 g/mol. The van der Waals surface area contributed by atoms with E-state index in [1.165, 1.54) is 0 Å². The summed E-state index contributed by atoms with van der Waals surface area (Å²) in [5.41, 5.74) is 0. The molecule has 0 amide bonds. The fourth-order valence-corrected chi connectivity index (χ4v) is 1.37. The molecule has 0 spiro atoms. The first-order valence-electron chi connectivity index (χ1n) is 6.34. The largest absolute Gasteiger partial charge is 0.390 e. The molecule has 110 valence electrons. The van der Waals surface area contributed by atoms with Crippen molar-refractivity contribution in [2.75, 3.05) is 26.3 Å². The minimum absolute atomic E-state index is 0.125. The molecule has 0 saturated heterocycles. The molecule has 1 atom stereocenters. The molecule has 0 aliphatic rings. The molecule has 2 N–H and O–H groups in total. The van der Waals surface area contributed by atoms with Crippen molar-refractivity contribution in [3.8, 4) is 0 Å². The van der Waals surface area contributed by atoms with Crippen LogP contribution in [0.25, 0.3) is 0 Å². The van der Waals surface area contributed by atoms with Gasteiger partial charge < -0.3 is 15.2 Å². The zero-order chi connectivity index (χ0) is 14.0. The van der Waals surface area contributed by atoms with E-state index < -0.39 is 18.7 Å². The number of nitrogens with one attached hydrogen (secondary N) is 1. The Morgan fingerprint density at radius 3 is 2.50 bits per heavy atom. The predicted molar refractivity (Wildman–Crippen MR) is 64.4 cm³/mol. The van der Waals surface area contributed by atoms with Gasteiger partial charge in [-0.15, -0.1) is 0 Å². The minimum atomic E-state index is -4.15. The van der Waals surface area contributed by atoms with E-state index in [0.717, 1.165) is 12.8 Å². The number of alkyl halides is 3. The number of aliphatic hydroxyl groups is 1. The van der Waals surface area contributed by atoms with Crippen molar-refractivity contribution in [2.24, 2.45) is 5.92 Å². The lowest BCUT2D eigenvalue weighted by atomic mass is 10.1. The molecule has 6 heteroatoms. The van der Waals surface area contributed by atoms with Crippen LogP contribution in [0.2, 0.25) is 0 Å². The Balaban J connectivity index is 3.30. The van der Waals surface area contributed by atoms with Crippen LogP contribution in [0.1, 0.15) is 33.1 Å². The molecule has 0 aromatic carbocycles. The van der Waals surface area contributed by atoms with E-state index in [4.69, 9.17) is 4.74 Å². The second kappa shape index (κ2) is 9.58. The van der Waals surface area contributed by atoms with Gasteiger partial charge in [0, 0.05) is 19.7 Å². The van der Waals surface area contributed by atoms with E-state index in [2.05, 4.69) is 19.2 Å². The van der Waals surface area contributed by atoms with E-state index in [0.29, 0.717) is 12.5 Å². The van der Waals surface area contributed by atoms with Crippen LogP contribution in [0.5, 0.6) is 0 Å². The Kier molecular flexibility index (Phi) is 9.40. The molecule has 18 heavy (non-hydrogen) atoms. The summed E-state index contributed by atoms with van der Waals surface area (Å²) in [6.07, 6.45) is -3.77. The SMILES string of the molecule is CC(C)CCCOCC(O)CNCCC(F)(F)F. The molecule has 0 rings (SSSR count). The van der Waals surface area contributed by atoms with Gasteiger partial charge in [-0.2, -0.15) is 13.2 Å². The molecule has 0 aliphatic heterocycles. The summed E-state index contributed by atoms with van der Waals surface area (Å²) in [6.45, 7) is 4.95.